The average molecular weight is 767 g/mol. The molecule has 0 bridgehead atoms. The molecular weight excluding hydrogens is 729 g/mol. The van der Waals surface area contributed by atoms with Crippen LogP contribution in [0, 0.1) is 0 Å². The van der Waals surface area contributed by atoms with E-state index in [0.29, 0.717) is 11.1 Å². The highest BCUT2D eigenvalue weighted by Gasteiger charge is 2.49. The molecule has 15 heteroatoms. The van der Waals surface area contributed by atoms with Crippen LogP contribution in [0.3, 0.4) is 0 Å². The summed E-state index contributed by atoms with van der Waals surface area (Å²) in [5.74, 6) is 0. The molecule has 0 amide bonds. The molecule has 5 rings (SSSR count). The number of hydrogen-bond donors (Lipinski definition) is 5. The van der Waals surface area contributed by atoms with E-state index in [2.05, 4.69) is 0 Å². The molecule has 12 nitrogen and oxygen atoms in total. The number of benzene rings is 5. The first-order chi connectivity index (χ1) is 24.4. The van der Waals surface area contributed by atoms with Gasteiger partial charge in [-0.15, -0.1) is 0 Å². The highest BCUT2D eigenvalue weighted by Crippen LogP contribution is 2.51. The molecule has 1 atom stereocenters. The van der Waals surface area contributed by atoms with E-state index in [4.69, 9.17) is 16.2 Å². The molecule has 0 aromatic heterocycles. The van der Waals surface area contributed by atoms with Gasteiger partial charge in [0.05, 0.1) is 0 Å². The molecule has 52 heavy (non-hydrogen) atoms. The summed E-state index contributed by atoms with van der Waals surface area (Å²) in [6, 6.07) is 26.6. The van der Waals surface area contributed by atoms with E-state index >= 15 is 0 Å². The normalized spacial score (nSPS) is 13.5. The van der Waals surface area contributed by atoms with Gasteiger partial charge in [-0.2, -0.15) is 25.3 Å². The standard InChI is InChI=1S/C37H38N2O10S3/c1-3-28-29(22-24-12-7-5-8-13-24)34(39)30(23-25-14-9-6-10-15-25)35(51(43,44)45)33(28)37(49-4-2,26-18-20-27(38)21-19-26)31-16-11-17-32(50(40,41)42)36(31)52(46,47)48/h5-21H,3-4,22-23,38-39H2,1-2H3,(H,40,41,42)(H,43,44,45)(H,46,47,48). The van der Waals surface area contributed by atoms with Crippen LogP contribution >= 0.6 is 0 Å². The lowest BCUT2D eigenvalue weighted by molar-refractivity contribution is 0.0161. The molecule has 0 fully saturated rings. The van der Waals surface area contributed by atoms with E-state index in [-0.39, 0.29) is 59.5 Å². The molecule has 0 radical (unpaired) electrons. The summed E-state index contributed by atoms with van der Waals surface area (Å²) in [4.78, 5) is -3.16. The fraction of sp³-hybridized carbons (Fsp3) is 0.189. The Kier molecular flexibility index (Phi) is 11.0. The summed E-state index contributed by atoms with van der Waals surface area (Å²) in [6.07, 6.45) is 0.0656. The SMILES string of the molecule is CCOC(c1ccc(N)cc1)(c1cccc(S(=O)(=O)O)c1S(=O)(=O)O)c1c(CC)c(Cc2ccccc2)c(N)c(Cc2ccccc2)c1S(=O)(=O)O. The van der Waals surface area contributed by atoms with E-state index in [9.17, 15) is 38.9 Å². The quantitative estimate of drug-likeness (QED) is 0.0556. The second-order valence-corrected chi connectivity index (χ2v) is 16.1. The van der Waals surface area contributed by atoms with Crippen LogP contribution in [-0.2, 0) is 60.0 Å². The molecule has 0 spiro atoms. The van der Waals surface area contributed by atoms with Crippen molar-refractivity contribution in [1.29, 1.82) is 0 Å². The van der Waals surface area contributed by atoms with Crippen LogP contribution in [-0.4, -0.2) is 45.5 Å². The molecule has 0 aliphatic carbocycles. The largest absolute Gasteiger partial charge is 0.399 e. The molecule has 1 unspecified atom stereocenters. The molecule has 5 aromatic rings. The van der Waals surface area contributed by atoms with Crippen molar-refractivity contribution < 1.29 is 43.6 Å². The van der Waals surface area contributed by atoms with E-state index in [1.807, 2.05) is 30.3 Å². The van der Waals surface area contributed by atoms with Crippen LogP contribution in [0.1, 0.15) is 58.4 Å². The third-order valence-electron chi connectivity index (χ3n) is 8.80. The van der Waals surface area contributed by atoms with Gasteiger partial charge < -0.3 is 16.2 Å². The summed E-state index contributed by atoms with van der Waals surface area (Å²) in [7, 11) is -16.2. The van der Waals surface area contributed by atoms with Gasteiger partial charge in [0.1, 0.15) is 20.3 Å². The predicted octanol–water partition coefficient (Wildman–Crippen LogP) is 5.66. The third kappa shape index (κ3) is 7.47. The number of ether oxygens (including phenoxy) is 1. The number of nitrogen functional groups attached to an aromatic ring is 2. The Hall–Kier alpha value is -4.61. The van der Waals surface area contributed by atoms with Crippen LogP contribution in [0.5, 0.6) is 0 Å². The van der Waals surface area contributed by atoms with Crippen LogP contribution in [0.25, 0.3) is 0 Å². The van der Waals surface area contributed by atoms with E-state index in [1.165, 1.54) is 31.2 Å². The van der Waals surface area contributed by atoms with Crippen LogP contribution in [0.15, 0.2) is 118 Å². The molecule has 0 saturated carbocycles. The molecule has 274 valence electrons. The Morgan fingerprint density at radius 1 is 0.596 bits per heavy atom. The first-order valence-electron chi connectivity index (χ1n) is 16.0. The Bertz CT molecular complexity index is 2440. The first kappa shape index (κ1) is 38.6. The van der Waals surface area contributed by atoms with Crippen molar-refractivity contribution in [2.45, 2.75) is 53.4 Å². The van der Waals surface area contributed by atoms with Gasteiger partial charge in [-0.1, -0.05) is 91.9 Å². The highest BCUT2D eigenvalue weighted by atomic mass is 32.2. The van der Waals surface area contributed by atoms with Crippen molar-refractivity contribution in [3.63, 3.8) is 0 Å². The topological polar surface area (TPSA) is 224 Å². The van der Waals surface area contributed by atoms with Gasteiger partial charge >= 0.3 is 0 Å². The number of rotatable bonds is 13. The zero-order chi connectivity index (χ0) is 38.1. The van der Waals surface area contributed by atoms with Gasteiger partial charge in [-0.05, 0) is 65.8 Å². The zero-order valence-electron chi connectivity index (χ0n) is 28.2. The smallest absolute Gasteiger partial charge is 0.296 e. The van der Waals surface area contributed by atoms with Crippen LogP contribution in [0.4, 0.5) is 11.4 Å². The van der Waals surface area contributed by atoms with Crippen LogP contribution in [0.2, 0.25) is 0 Å². The number of nitrogens with two attached hydrogens (primary N) is 2. The minimum Gasteiger partial charge on any atom is -0.399 e. The Labute approximate surface area is 303 Å². The number of hydrogen-bond acceptors (Lipinski definition) is 9. The van der Waals surface area contributed by atoms with Crippen LogP contribution < -0.4 is 11.5 Å². The molecule has 0 aliphatic rings. The van der Waals surface area contributed by atoms with Gasteiger partial charge in [-0.25, -0.2) is 0 Å². The second-order valence-electron chi connectivity index (χ2n) is 12.0. The summed E-state index contributed by atoms with van der Waals surface area (Å²) < 4.78 is 119. The van der Waals surface area contributed by atoms with Crippen molar-refractivity contribution in [3.05, 3.63) is 148 Å². The van der Waals surface area contributed by atoms with E-state index < -0.39 is 56.2 Å². The zero-order valence-corrected chi connectivity index (χ0v) is 30.7. The summed E-state index contributed by atoms with van der Waals surface area (Å²) >= 11 is 0. The molecule has 0 heterocycles. The molecule has 0 saturated heterocycles. The molecular formula is C37H38N2O10S3. The van der Waals surface area contributed by atoms with Crippen molar-refractivity contribution >= 4 is 41.7 Å². The average Bonchev–Trinajstić information content (AvgIpc) is 3.08. The summed E-state index contributed by atoms with van der Waals surface area (Å²) in [5, 5.41) is 0. The lowest BCUT2D eigenvalue weighted by atomic mass is 9.74. The molecule has 5 aromatic carbocycles. The number of anilines is 2. The van der Waals surface area contributed by atoms with Gasteiger partial charge in [-0.3, -0.25) is 13.7 Å². The highest BCUT2D eigenvalue weighted by molar-refractivity contribution is 7.89. The Morgan fingerprint density at radius 3 is 1.58 bits per heavy atom. The van der Waals surface area contributed by atoms with Crippen molar-refractivity contribution in [2.24, 2.45) is 0 Å². The third-order valence-corrected chi connectivity index (χ3v) is 11.7. The van der Waals surface area contributed by atoms with Gasteiger partial charge in [0.15, 0.2) is 0 Å². The van der Waals surface area contributed by atoms with Gasteiger partial charge in [0.25, 0.3) is 30.4 Å². The Morgan fingerprint density at radius 2 is 1.12 bits per heavy atom. The maximum absolute atomic E-state index is 14.0. The first-order valence-corrected chi connectivity index (χ1v) is 20.4. The van der Waals surface area contributed by atoms with E-state index in [1.54, 1.807) is 37.3 Å². The molecule has 0 aliphatic heterocycles. The second kappa shape index (κ2) is 14.8. The Balaban J connectivity index is 2.16. The van der Waals surface area contributed by atoms with Crippen molar-refractivity contribution in [2.75, 3.05) is 18.1 Å². The summed E-state index contributed by atoms with van der Waals surface area (Å²) in [6.45, 7) is 2.99. The maximum atomic E-state index is 14.0. The van der Waals surface area contributed by atoms with Crippen molar-refractivity contribution in [3.8, 4) is 0 Å². The maximum Gasteiger partial charge on any atom is 0.296 e. The van der Waals surface area contributed by atoms with Gasteiger partial charge in [0.2, 0.25) is 0 Å². The van der Waals surface area contributed by atoms with E-state index in [0.717, 1.165) is 23.8 Å². The monoisotopic (exact) mass is 766 g/mol. The lowest BCUT2D eigenvalue weighted by Crippen LogP contribution is -2.39. The minimum atomic E-state index is -5.55. The minimum absolute atomic E-state index is 0.0364. The van der Waals surface area contributed by atoms with Crippen molar-refractivity contribution in [1.82, 2.24) is 0 Å². The molecule has 7 N–H and O–H groups in total. The summed E-state index contributed by atoms with van der Waals surface area (Å²) in [5.41, 5.74) is 12.1. The van der Waals surface area contributed by atoms with Gasteiger partial charge in [0, 0.05) is 41.1 Å². The fourth-order valence-electron chi connectivity index (χ4n) is 6.79. The lowest BCUT2D eigenvalue weighted by Gasteiger charge is -2.40. The predicted molar refractivity (Wildman–Crippen MR) is 197 cm³/mol. The fourth-order valence-corrected chi connectivity index (χ4v) is 9.85.